The monoisotopic (exact) mass is 379 g/mol. The van der Waals surface area contributed by atoms with Gasteiger partial charge in [0, 0.05) is 37.6 Å². The zero-order valence-electron chi connectivity index (χ0n) is 16.7. The molecule has 148 valence electrons. The van der Waals surface area contributed by atoms with E-state index < -0.39 is 0 Å². The van der Waals surface area contributed by atoms with Gasteiger partial charge in [-0.3, -0.25) is 4.79 Å². The standard InChI is InChI=1S/C22H29N5O/c1-26(2)14-7-12-22(28)27-15-6-8-18(17-27)16-19-9-5-11-21(24-19)25-20-10-3-4-13-23-20/h3-5,7,9-13,18H,6,8,14-17H2,1-2H3,(H,23,24,25)/b12-7+. The van der Waals surface area contributed by atoms with Crippen molar-refractivity contribution >= 4 is 17.5 Å². The van der Waals surface area contributed by atoms with Gasteiger partial charge in [0.2, 0.25) is 5.91 Å². The number of pyridine rings is 2. The summed E-state index contributed by atoms with van der Waals surface area (Å²) in [7, 11) is 3.99. The molecule has 1 saturated heterocycles. The number of rotatable bonds is 7. The summed E-state index contributed by atoms with van der Waals surface area (Å²) in [5.41, 5.74) is 1.04. The summed E-state index contributed by atoms with van der Waals surface area (Å²) in [6.07, 6.45) is 8.45. The molecule has 1 aliphatic rings. The Kier molecular flexibility index (Phi) is 7.14. The second kappa shape index (κ2) is 9.99. The second-order valence-corrected chi connectivity index (χ2v) is 7.52. The van der Waals surface area contributed by atoms with Crippen LogP contribution in [0.25, 0.3) is 0 Å². The Bertz CT molecular complexity index is 791. The van der Waals surface area contributed by atoms with Gasteiger partial charge in [-0.1, -0.05) is 18.2 Å². The molecule has 3 heterocycles. The molecule has 1 N–H and O–H groups in total. The summed E-state index contributed by atoms with van der Waals surface area (Å²) < 4.78 is 0. The maximum atomic E-state index is 12.4. The predicted octanol–water partition coefficient (Wildman–Crippen LogP) is 3.12. The molecule has 0 saturated carbocycles. The van der Waals surface area contributed by atoms with Crippen LogP contribution in [0.2, 0.25) is 0 Å². The van der Waals surface area contributed by atoms with Crippen molar-refractivity contribution in [3.8, 4) is 0 Å². The number of carbonyl (C=O) groups excluding carboxylic acids is 1. The number of nitrogens with zero attached hydrogens (tertiary/aromatic N) is 4. The lowest BCUT2D eigenvalue weighted by Crippen LogP contribution is -2.39. The number of likely N-dealkylation sites (N-methyl/N-ethyl adjacent to an activating group) is 1. The van der Waals surface area contributed by atoms with Crippen LogP contribution in [-0.2, 0) is 11.2 Å². The molecule has 0 spiro atoms. The Balaban J connectivity index is 1.57. The lowest BCUT2D eigenvalue weighted by Gasteiger charge is -2.32. The van der Waals surface area contributed by atoms with Gasteiger partial charge in [-0.15, -0.1) is 0 Å². The first-order chi connectivity index (χ1) is 13.6. The maximum Gasteiger partial charge on any atom is 0.246 e. The molecular formula is C22H29N5O. The highest BCUT2D eigenvalue weighted by molar-refractivity contribution is 5.87. The molecule has 0 radical (unpaired) electrons. The van der Waals surface area contributed by atoms with Gasteiger partial charge in [0.25, 0.3) is 0 Å². The van der Waals surface area contributed by atoms with E-state index in [1.165, 1.54) is 0 Å². The molecule has 0 aromatic carbocycles. The number of aromatic nitrogens is 2. The van der Waals surface area contributed by atoms with Crippen molar-refractivity contribution in [3.05, 3.63) is 60.4 Å². The summed E-state index contributed by atoms with van der Waals surface area (Å²) in [5, 5.41) is 3.24. The Morgan fingerprint density at radius 1 is 1.25 bits per heavy atom. The molecule has 1 unspecified atom stereocenters. The fourth-order valence-electron chi connectivity index (χ4n) is 3.43. The largest absolute Gasteiger partial charge is 0.339 e. The van der Waals surface area contributed by atoms with Crippen molar-refractivity contribution in [3.63, 3.8) is 0 Å². The molecule has 2 aromatic rings. The smallest absolute Gasteiger partial charge is 0.246 e. The van der Waals surface area contributed by atoms with Crippen LogP contribution in [-0.4, -0.2) is 59.4 Å². The van der Waals surface area contributed by atoms with Crippen molar-refractivity contribution in [1.82, 2.24) is 19.8 Å². The van der Waals surface area contributed by atoms with Crippen LogP contribution < -0.4 is 5.32 Å². The quantitative estimate of drug-likeness (QED) is 0.749. The normalized spacial score (nSPS) is 17.2. The number of hydrogen-bond acceptors (Lipinski definition) is 5. The lowest BCUT2D eigenvalue weighted by atomic mass is 9.93. The van der Waals surface area contributed by atoms with E-state index in [9.17, 15) is 4.79 Å². The molecule has 6 nitrogen and oxygen atoms in total. The molecule has 2 aromatic heterocycles. The average molecular weight is 380 g/mol. The Morgan fingerprint density at radius 3 is 2.89 bits per heavy atom. The van der Waals surface area contributed by atoms with E-state index in [0.29, 0.717) is 5.92 Å². The number of hydrogen-bond donors (Lipinski definition) is 1. The van der Waals surface area contributed by atoms with Gasteiger partial charge >= 0.3 is 0 Å². The highest BCUT2D eigenvalue weighted by atomic mass is 16.2. The molecule has 3 rings (SSSR count). The van der Waals surface area contributed by atoms with Crippen LogP contribution in [0.4, 0.5) is 11.6 Å². The van der Waals surface area contributed by atoms with E-state index >= 15 is 0 Å². The van der Waals surface area contributed by atoms with E-state index in [1.807, 2.05) is 60.3 Å². The van der Waals surface area contributed by atoms with Gasteiger partial charge in [-0.2, -0.15) is 0 Å². The fraction of sp³-hybridized carbons (Fsp3) is 0.409. The number of piperidine rings is 1. The summed E-state index contributed by atoms with van der Waals surface area (Å²) in [5.74, 6) is 2.14. The minimum absolute atomic E-state index is 0.116. The van der Waals surface area contributed by atoms with Gasteiger partial charge in [0.1, 0.15) is 11.6 Å². The van der Waals surface area contributed by atoms with E-state index in [0.717, 1.165) is 56.2 Å². The summed E-state index contributed by atoms with van der Waals surface area (Å²) >= 11 is 0. The molecule has 28 heavy (non-hydrogen) atoms. The van der Waals surface area contributed by atoms with Gasteiger partial charge in [-0.25, -0.2) is 9.97 Å². The summed E-state index contributed by atoms with van der Waals surface area (Å²) in [6, 6.07) is 11.8. The van der Waals surface area contributed by atoms with Gasteiger partial charge in [0.05, 0.1) is 0 Å². The van der Waals surface area contributed by atoms with Crippen LogP contribution >= 0.6 is 0 Å². The maximum absolute atomic E-state index is 12.4. The van der Waals surface area contributed by atoms with Crippen molar-refractivity contribution in [2.75, 3.05) is 39.0 Å². The van der Waals surface area contributed by atoms with Crippen LogP contribution in [0.5, 0.6) is 0 Å². The molecule has 0 aliphatic carbocycles. The van der Waals surface area contributed by atoms with Crippen LogP contribution in [0.15, 0.2) is 54.7 Å². The zero-order chi connectivity index (χ0) is 19.8. The number of anilines is 2. The van der Waals surface area contributed by atoms with E-state index in [-0.39, 0.29) is 5.91 Å². The van der Waals surface area contributed by atoms with Crippen LogP contribution in [0.3, 0.4) is 0 Å². The van der Waals surface area contributed by atoms with Crippen LogP contribution in [0.1, 0.15) is 18.5 Å². The van der Waals surface area contributed by atoms with Crippen molar-refractivity contribution in [2.24, 2.45) is 5.92 Å². The molecule has 1 amide bonds. The minimum atomic E-state index is 0.116. The van der Waals surface area contributed by atoms with E-state index in [4.69, 9.17) is 4.98 Å². The molecule has 1 fully saturated rings. The summed E-state index contributed by atoms with van der Waals surface area (Å²) in [4.78, 5) is 25.4. The lowest BCUT2D eigenvalue weighted by molar-refractivity contribution is -0.127. The molecule has 0 bridgehead atoms. The summed E-state index contributed by atoms with van der Waals surface area (Å²) in [6.45, 7) is 2.42. The first kappa shape index (κ1) is 20.0. The van der Waals surface area contributed by atoms with Crippen molar-refractivity contribution in [2.45, 2.75) is 19.3 Å². The fourth-order valence-corrected chi connectivity index (χ4v) is 3.43. The third kappa shape index (κ3) is 6.16. The molecule has 6 heteroatoms. The second-order valence-electron chi connectivity index (χ2n) is 7.52. The Morgan fingerprint density at radius 2 is 2.11 bits per heavy atom. The first-order valence-corrected chi connectivity index (χ1v) is 9.84. The number of amides is 1. The zero-order valence-corrected chi connectivity index (χ0v) is 16.7. The molecule has 1 aliphatic heterocycles. The first-order valence-electron chi connectivity index (χ1n) is 9.84. The molecule has 1 atom stereocenters. The highest BCUT2D eigenvalue weighted by Gasteiger charge is 2.23. The molecular weight excluding hydrogens is 350 g/mol. The number of nitrogens with one attached hydrogen (secondary N) is 1. The Hall–Kier alpha value is -2.73. The SMILES string of the molecule is CN(C)C/C=C/C(=O)N1CCCC(Cc2cccc(Nc3ccccn3)n2)C1. The topological polar surface area (TPSA) is 61.4 Å². The number of carbonyl (C=O) groups is 1. The Labute approximate surface area is 167 Å². The predicted molar refractivity (Wildman–Crippen MR) is 112 cm³/mol. The number of likely N-dealkylation sites (tertiary alicyclic amines) is 1. The van der Waals surface area contributed by atoms with E-state index in [1.54, 1.807) is 12.3 Å². The average Bonchev–Trinajstić information content (AvgIpc) is 2.69. The van der Waals surface area contributed by atoms with Gasteiger partial charge < -0.3 is 15.1 Å². The minimum Gasteiger partial charge on any atom is -0.339 e. The van der Waals surface area contributed by atoms with Crippen molar-refractivity contribution < 1.29 is 4.79 Å². The third-order valence-corrected chi connectivity index (χ3v) is 4.79. The van der Waals surface area contributed by atoms with Gasteiger partial charge in [-0.05, 0) is 63.5 Å². The van der Waals surface area contributed by atoms with Gasteiger partial charge in [0.15, 0.2) is 0 Å². The highest BCUT2D eigenvalue weighted by Crippen LogP contribution is 2.21. The van der Waals surface area contributed by atoms with Crippen molar-refractivity contribution in [1.29, 1.82) is 0 Å². The van der Waals surface area contributed by atoms with E-state index in [2.05, 4.69) is 16.4 Å². The third-order valence-electron chi connectivity index (χ3n) is 4.79. The van der Waals surface area contributed by atoms with Crippen LogP contribution in [0, 0.1) is 5.92 Å².